The second-order valence-electron chi connectivity index (χ2n) is 6.49. The van der Waals surface area contributed by atoms with Crippen molar-refractivity contribution in [1.29, 1.82) is 0 Å². The molecule has 7 heteroatoms. The molecule has 0 aliphatic heterocycles. The number of methoxy groups -OCH3 is 1. The van der Waals surface area contributed by atoms with E-state index in [4.69, 9.17) is 9.47 Å². The first-order valence-corrected chi connectivity index (χ1v) is 10.8. The number of benzene rings is 3. The summed E-state index contributed by atoms with van der Waals surface area (Å²) in [4.78, 5) is 12.3. The zero-order valence-electron chi connectivity index (χ0n) is 16.6. The third-order valence-electron chi connectivity index (χ3n) is 4.39. The highest BCUT2D eigenvalue weighted by atomic mass is 32.2. The lowest BCUT2D eigenvalue weighted by molar-refractivity contribution is 0.0388. The number of carbonyl (C=O) groups is 1. The maximum absolute atomic E-state index is 13.5. The van der Waals surface area contributed by atoms with Crippen molar-refractivity contribution in [3.8, 4) is 0 Å². The van der Waals surface area contributed by atoms with Crippen LogP contribution in [0, 0.1) is 0 Å². The number of rotatable bonds is 9. The standard InChI is InChI=1S/C23H23NO5S/c1-28-15-16-29-23(25)20-11-8-14-22(17-20)30(26,27)24(21-12-6-3-7-13-21)18-19-9-4-2-5-10-19/h2-14,17H,15-16,18H2,1H3. The van der Waals surface area contributed by atoms with Crippen molar-refractivity contribution < 1.29 is 22.7 Å². The van der Waals surface area contributed by atoms with Crippen molar-refractivity contribution >= 4 is 21.7 Å². The summed E-state index contributed by atoms with van der Waals surface area (Å²) < 4.78 is 38.4. The van der Waals surface area contributed by atoms with Gasteiger partial charge in [0.15, 0.2) is 0 Å². The van der Waals surface area contributed by atoms with Gasteiger partial charge in [-0.1, -0.05) is 54.6 Å². The van der Waals surface area contributed by atoms with Gasteiger partial charge >= 0.3 is 5.97 Å². The predicted molar refractivity (Wildman–Crippen MR) is 115 cm³/mol. The number of esters is 1. The summed E-state index contributed by atoms with van der Waals surface area (Å²) in [6.45, 7) is 0.523. The minimum absolute atomic E-state index is 0.0171. The fraction of sp³-hybridized carbons (Fsp3) is 0.174. The summed E-state index contributed by atoms with van der Waals surface area (Å²) in [6.07, 6.45) is 0. The Morgan fingerprint density at radius 1 is 0.867 bits per heavy atom. The molecule has 0 fully saturated rings. The third-order valence-corrected chi connectivity index (χ3v) is 6.16. The number of nitrogens with zero attached hydrogens (tertiary/aromatic N) is 1. The van der Waals surface area contributed by atoms with Crippen LogP contribution in [0.25, 0.3) is 0 Å². The lowest BCUT2D eigenvalue weighted by Gasteiger charge is -2.25. The predicted octanol–water partition coefficient (Wildman–Crippen LogP) is 3.89. The zero-order chi connectivity index (χ0) is 21.4. The van der Waals surface area contributed by atoms with Crippen molar-refractivity contribution in [3.63, 3.8) is 0 Å². The molecule has 0 aromatic heterocycles. The number of hydrogen-bond donors (Lipinski definition) is 0. The zero-order valence-corrected chi connectivity index (χ0v) is 17.4. The molecule has 0 N–H and O–H groups in total. The van der Waals surface area contributed by atoms with Gasteiger partial charge in [-0.15, -0.1) is 0 Å². The van der Waals surface area contributed by atoms with E-state index in [1.807, 2.05) is 36.4 Å². The Balaban J connectivity index is 1.95. The van der Waals surface area contributed by atoms with Gasteiger partial charge in [-0.25, -0.2) is 13.2 Å². The highest BCUT2D eigenvalue weighted by Gasteiger charge is 2.26. The van der Waals surface area contributed by atoms with Crippen LogP contribution in [0.2, 0.25) is 0 Å². The van der Waals surface area contributed by atoms with Gasteiger partial charge in [-0.05, 0) is 35.9 Å². The summed E-state index contributed by atoms with van der Waals surface area (Å²) in [6, 6.07) is 24.1. The Kier molecular flexibility index (Phi) is 7.21. The number of hydrogen-bond acceptors (Lipinski definition) is 5. The van der Waals surface area contributed by atoms with Crippen LogP contribution in [0.4, 0.5) is 5.69 Å². The van der Waals surface area contributed by atoms with E-state index < -0.39 is 16.0 Å². The maximum Gasteiger partial charge on any atom is 0.338 e. The molecule has 3 aromatic carbocycles. The van der Waals surface area contributed by atoms with Crippen molar-refractivity contribution in [1.82, 2.24) is 0 Å². The SMILES string of the molecule is COCCOC(=O)c1cccc(S(=O)(=O)N(Cc2ccccc2)c2ccccc2)c1. The highest BCUT2D eigenvalue weighted by Crippen LogP contribution is 2.26. The quantitative estimate of drug-likeness (QED) is 0.384. The molecule has 0 radical (unpaired) electrons. The molecule has 0 heterocycles. The van der Waals surface area contributed by atoms with Crippen LogP contribution >= 0.6 is 0 Å². The molecule has 156 valence electrons. The molecule has 0 amide bonds. The lowest BCUT2D eigenvalue weighted by Crippen LogP contribution is -2.30. The first-order valence-electron chi connectivity index (χ1n) is 9.40. The van der Waals surface area contributed by atoms with Crippen molar-refractivity contribution in [2.75, 3.05) is 24.6 Å². The van der Waals surface area contributed by atoms with E-state index >= 15 is 0 Å². The fourth-order valence-corrected chi connectivity index (χ4v) is 4.37. The van der Waals surface area contributed by atoms with Crippen LogP contribution < -0.4 is 4.31 Å². The normalized spacial score (nSPS) is 11.1. The second kappa shape index (κ2) is 10.0. The fourth-order valence-electron chi connectivity index (χ4n) is 2.87. The van der Waals surface area contributed by atoms with Crippen LogP contribution in [-0.4, -0.2) is 34.7 Å². The topological polar surface area (TPSA) is 72.9 Å². The first-order chi connectivity index (χ1) is 14.5. The van der Waals surface area contributed by atoms with Crippen LogP contribution in [0.5, 0.6) is 0 Å². The van der Waals surface area contributed by atoms with Crippen LogP contribution in [-0.2, 0) is 26.0 Å². The molecule has 3 rings (SSSR count). The molecule has 0 aliphatic rings. The maximum atomic E-state index is 13.5. The molecule has 0 saturated heterocycles. The van der Waals surface area contributed by atoms with Gasteiger partial charge in [0.1, 0.15) is 6.61 Å². The molecule has 0 unspecified atom stereocenters. The van der Waals surface area contributed by atoms with Crippen molar-refractivity contribution in [2.24, 2.45) is 0 Å². The lowest BCUT2D eigenvalue weighted by atomic mass is 10.2. The number of sulfonamides is 1. The molecule has 0 saturated carbocycles. The summed E-state index contributed by atoms with van der Waals surface area (Å²) in [7, 11) is -2.43. The molecule has 30 heavy (non-hydrogen) atoms. The molecule has 0 aliphatic carbocycles. The van der Waals surface area contributed by atoms with E-state index in [-0.39, 0.29) is 30.2 Å². The van der Waals surface area contributed by atoms with E-state index in [0.717, 1.165) is 5.56 Å². The average Bonchev–Trinajstić information content (AvgIpc) is 2.79. The first kappa shape index (κ1) is 21.5. The molecule has 0 spiro atoms. The minimum Gasteiger partial charge on any atom is -0.460 e. The molecule has 6 nitrogen and oxygen atoms in total. The Morgan fingerprint density at radius 3 is 2.20 bits per heavy atom. The van der Waals surface area contributed by atoms with E-state index in [1.165, 1.54) is 35.7 Å². The van der Waals surface area contributed by atoms with Crippen molar-refractivity contribution in [3.05, 3.63) is 96.1 Å². The van der Waals surface area contributed by atoms with E-state index in [9.17, 15) is 13.2 Å². The summed E-state index contributed by atoms with van der Waals surface area (Å²) in [5.41, 5.74) is 1.55. The molecule has 0 bridgehead atoms. The summed E-state index contributed by atoms with van der Waals surface area (Å²) >= 11 is 0. The van der Waals surface area contributed by atoms with Crippen LogP contribution in [0.15, 0.2) is 89.8 Å². The third kappa shape index (κ3) is 5.25. The Bertz CT molecular complexity index is 1070. The van der Waals surface area contributed by atoms with Gasteiger partial charge in [0.25, 0.3) is 10.0 Å². The van der Waals surface area contributed by atoms with Gasteiger partial charge in [-0.2, -0.15) is 0 Å². The number of anilines is 1. The molecule has 3 aromatic rings. The molecule has 0 atom stereocenters. The average molecular weight is 426 g/mol. The Morgan fingerprint density at radius 2 is 1.53 bits per heavy atom. The molecular weight excluding hydrogens is 402 g/mol. The smallest absolute Gasteiger partial charge is 0.338 e. The monoisotopic (exact) mass is 425 g/mol. The van der Waals surface area contributed by atoms with Crippen LogP contribution in [0.1, 0.15) is 15.9 Å². The highest BCUT2D eigenvalue weighted by molar-refractivity contribution is 7.92. The van der Waals surface area contributed by atoms with Gasteiger partial charge in [0.05, 0.1) is 29.3 Å². The Labute approximate surface area is 176 Å². The largest absolute Gasteiger partial charge is 0.460 e. The van der Waals surface area contributed by atoms with Gasteiger partial charge in [-0.3, -0.25) is 4.31 Å². The number of carbonyl (C=O) groups excluding carboxylic acids is 1. The van der Waals surface area contributed by atoms with E-state index in [2.05, 4.69) is 0 Å². The van der Waals surface area contributed by atoms with Crippen molar-refractivity contribution in [2.45, 2.75) is 11.4 Å². The molecular formula is C23H23NO5S. The summed E-state index contributed by atoms with van der Waals surface area (Å²) in [5.74, 6) is -0.599. The van der Waals surface area contributed by atoms with Crippen LogP contribution in [0.3, 0.4) is 0 Å². The minimum atomic E-state index is -3.93. The van der Waals surface area contributed by atoms with E-state index in [0.29, 0.717) is 5.69 Å². The van der Waals surface area contributed by atoms with E-state index in [1.54, 1.807) is 24.3 Å². The van der Waals surface area contributed by atoms with Gasteiger partial charge < -0.3 is 9.47 Å². The van der Waals surface area contributed by atoms with Gasteiger partial charge in [0.2, 0.25) is 0 Å². The Hall–Kier alpha value is -3.16. The second-order valence-corrected chi connectivity index (χ2v) is 8.35. The summed E-state index contributed by atoms with van der Waals surface area (Å²) in [5, 5.41) is 0. The number of para-hydroxylation sites is 1. The van der Waals surface area contributed by atoms with Gasteiger partial charge in [0, 0.05) is 7.11 Å². The number of ether oxygens (including phenoxy) is 2.